The highest BCUT2D eigenvalue weighted by atomic mass is 16.6. The van der Waals surface area contributed by atoms with Crippen LogP contribution in [0.3, 0.4) is 0 Å². The van der Waals surface area contributed by atoms with Crippen molar-refractivity contribution in [3.8, 4) is 5.75 Å². The fraction of sp³-hybridized carbons (Fsp3) is 0.500. The van der Waals surface area contributed by atoms with E-state index in [4.69, 9.17) is 9.47 Å². The summed E-state index contributed by atoms with van der Waals surface area (Å²) in [6, 6.07) is 9.25. The average molecular weight is 474 g/mol. The summed E-state index contributed by atoms with van der Waals surface area (Å²) < 4.78 is 10.6. The highest BCUT2D eigenvalue weighted by Gasteiger charge is 2.61. The van der Waals surface area contributed by atoms with Crippen LogP contribution in [0.2, 0.25) is 0 Å². The second-order valence-electron chi connectivity index (χ2n) is 9.00. The summed E-state index contributed by atoms with van der Waals surface area (Å²) in [4.78, 5) is 51.9. The standard InChI is InChI=1S/C24H31N3O7/c1-3-11-34-22(32)26-15-24(16-26)14-23(2,21(30)31)27(17-24)20(29)13-25-19(28)10-7-12-33-18-8-5-4-6-9-18/h3-6,8-9H,1,7,10-17H2,2H3,(H,25,28)(H,30,31). The third-order valence-electron chi connectivity index (χ3n) is 6.20. The summed E-state index contributed by atoms with van der Waals surface area (Å²) in [5.41, 5.74) is -1.92. The van der Waals surface area contributed by atoms with E-state index >= 15 is 0 Å². The first kappa shape index (κ1) is 25.1. The van der Waals surface area contributed by atoms with Gasteiger partial charge >= 0.3 is 12.1 Å². The molecule has 1 aromatic carbocycles. The van der Waals surface area contributed by atoms with Crippen LogP contribution in [0.5, 0.6) is 5.75 Å². The molecule has 1 spiro atoms. The van der Waals surface area contributed by atoms with Crippen LogP contribution in [0.25, 0.3) is 0 Å². The van der Waals surface area contributed by atoms with E-state index in [-0.39, 0.29) is 38.4 Å². The third kappa shape index (κ3) is 5.67. The van der Waals surface area contributed by atoms with Crippen LogP contribution in [-0.2, 0) is 19.1 Å². The average Bonchev–Trinajstić information content (AvgIpc) is 3.14. The predicted molar refractivity (Wildman–Crippen MR) is 122 cm³/mol. The lowest BCUT2D eigenvalue weighted by Crippen LogP contribution is -2.60. The van der Waals surface area contributed by atoms with Crippen LogP contribution < -0.4 is 10.1 Å². The number of nitrogens with one attached hydrogen (secondary N) is 1. The maximum atomic E-state index is 12.9. The Balaban J connectivity index is 1.47. The van der Waals surface area contributed by atoms with Crippen molar-refractivity contribution in [1.29, 1.82) is 0 Å². The van der Waals surface area contributed by atoms with Crippen molar-refractivity contribution >= 4 is 23.9 Å². The number of amides is 3. The lowest BCUT2D eigenvalue weighted by Gasteiger charge is -2.47. The zero-order valence-corrected chi connectivity index (χ0v) is 19.3. The third-order valence-corrected chi connectivity index (χ3v) is 6.20. The molecule has 0 saturated carbocycles. The van der Waals surface area contributed by atoms with Gasteiger partial charge in [0.15, 0.2) is 0 Å². The predicted octanol–water partition coefficient (Wildman–Crippen LogP) is 1.66. The summed E-state index contributed by atoms with van der Waals surface area (Å²) in [7, 11) is 0. The van der Waals surface area contributed by atoms with Crippen LogP contribution >= 0.6 is 0 Å². The Morgan fingerprint density at radius 1 is 1.18 bits per heavy atom. The smallest absolute Gasteiger partial charge is 0.410 e. The minimum atomic E-state index is -1.41. The van der Waals surface area contributed by atoms with E-state index in [2.05, 4.69) is 11.9 Å². The van der Waals surface area contributed by atoms with Gasteiger partial charge in [-0.1, -0.05) is 30.9 Å². The molecule has 1 atom stereocenters. The molecule has 2 aliphatic heterocycles. The molecule has 0 bridgehead atoms. The highest BCUT2D eigenvalue weighted by molar-refractivity contribution is 5.90. The van der Waals surface area contributed by atoms with Crippen LogP contribution in [0, 0.1) is 5.41 Å². The Labute approximate surface area is 198 Å². The summed E-state index contributed by atoms with van der Waals surface area (Å²) in [6.45, 7) is 5.98. The number of para-hydroxylation sites is 1. The number of hydrogen-bond donors (Lipinski definition) is 2. The summed E-state index contributed by atoms with van der Waals surface area (Å²) in [6.07, 6.45) is 1.86. The van der Waals surface area contributed by atoms with Crippen LogP contribution in [-0.4, -0.2) is 83.7 Å². The van der Waals surface area contributed by atoms with Gasteiger partial charge in [-0.25, -0.2) is 9.59 Å². The lowest BCUT2D eigenvalue weighted by atomic mass is 9.75. The van der Waals surface area contributed by atoms with Gasteiger partial charge in [0.2, 0.25) is 11.8 Å². The van der Waals surface area contributed by atoms with Crippen LogP contribution in [0.4, 0.5) is 4.79 Å². The van der Waals surface area contributed by atoms with E-state index in [1.165, 1.54) is 22.8 Å². The molecule has 1 unspecified atom stereocenters. The number of carbonyl (C=O) groups is 4. The fourth-order valence-electron chi connectivity index (χ4n) is 4.57. The summed E-state index contributed by atoms with van der Waals surface area (Å²) in [5.74, 6) is -1.17. The largest absolute Gasteiger partial charge is 0.494 e. The topological polar surface area (TPSA) is 125 Å². The molecular weight excluding hydrogens is 442 g/mol. The fourth-order valence-corrected chi connectivity index (χ4v) is 4.57. The molecule has 0 aromatic heterocycles. The van der Waals surface area contributed by atoms with Crippen LogP contribution in [0.1, 0.15) is 26.2 Å². The Bertz CT molecular complexity index is 930. The van der Waals surface area contributed by atoms with Gasteiger partial charge in [0.05, 0.1) is 13.2 Å². The first-order valence-electron chi connectivity index (χ1n) is 11.2. The molecule has 3 rings (SSSR count). The van der Waals surface area contributed by atoms with Gasteiger partial charge in [0, 0.05) is 31.5 Å². The number of rotatable bonds is 10. The minimum Gasteiger partial charge on any atom is -0.494 e. The monoisotopic (exact) mass is 473 g/mol. The molecule has 3 amide bonds. The van der Waals surface area contributed by atoms with Gasteiger partial charge in [0.1, 0.15) is 17.9 Å². The molecule has 2 N–H and O–H groups in total. The van der Waals surface area contributed by atoms with Crippen molar-refractivity contribution in [3.05, 3.63) is 43.0 Å². The maximum absolute atomic E-state index is 12.9. The Hall–Kier alpha value is -3.56. The van der Waals surface area contributed by atoms with Gasteiger partial charge in [-0.2, -0.15) is 0 Å². The molecule has 1 aromatic rings. The molecule has 34 heavy (non-hydrogen) atoms. The Kier molecular flexibility index (Phi) is 7.80. The van der Waals surface area contributed by atoms with Crippen molar-refractivity contribution in [2.24, 2.45) is 5.41 Å². The normalized spacial score (nSPS) is 20.4. The second-order valence-corrected chi connectivity index (χ2v) is 9.00. The molecule has 2 heterocycles. The van der Waals surface area contributed by atoms with Crippen molar-refractivity contribution in [2.75, 3.05) is 39.4 Å². The highest BCUT2D eigenvalue weighted by Crippen LogP contribution is 2.47. The van der Waals surface area contributed by atoms with E-state index in [1.807, 2.05) is 30.3 Å². The number of nitrogens with zero attached hydrogens (tertiary/aromatic N) is 2. The molecule has 10 nitrogen and oxygen atoms in total. The van der Waals surface area contributed by atoms with Crippen molar-refractivity contribution in [1.82, 2.24) is 15.1 Å². The minimum absolute atomic E-state index is 0.0951. The molecule has 2 aliphatic rings. The number of hydrogen-bond acceptors (Lipinski definition) is 6. The van der Waals surface area contributed by atoms with E-state index in [9.17, 15) is 24.3 Å². The van der Waals surface area contributed by atoms with Gasteiger partial charge in [-0.15, -0.1) is 0 Å². The maximum Gasteiger partial charge on any atom is 0.410 e. The van der Waals surface area contributed by atoms with Gasteiger partial charge < -0.3 is 29.7 Å². The summed E-state index contributed by atoms with van der Waals surface area (Å²) >= 11 is 0. The molecule has 2 saturated heterocycles. The molecule has 0 radical (unpaired) electrons. The molecule has 10 heteroatoms. The van der Waals surface area contributed by atoms with Gasteiger partial charge in [-0.05, 0) is 31.9 Å². The van der Waals surface area contributed by atoms with Crippen molar-refractivity contribution in [2.45, 2.75) is 31.7 Å². The zero-order valence-electron chi connectivity index (χ0n) is 19.3. The van der Waals surface area contributed by atoms with Crippen molar-refractivity contribution in [3.63, 3.8) is 0 Å². The number of likely N-dealkylation sites (tertiary alicyclic amines) is 2. The van der Waals surface area contributed by atoms with Gasteiger partial charge in [-0.3, -0.25) is 9.59 Å². The molecular formula is C24H31N3O7. The van der Waals surface area contributed by atoms with Crippen LogP contribution in [0.15, 0.2) is 43.0 Å². The SMILES string of the molecule is C=CCOC(=O)N1CC2(C1)CN(C(=O)CNC(=O)CCCOc1ccccc1)C(C)(C(=O)O)C2. The number of ether oxygens (including phenoxy) is 2. The van der Waals surface area contributed by atoms with E-state index < -0.39 is 28.9 Å². The Morgan fingerprint density at radius 3 is 2.53 bits per heavy atom. The van der Waals surface area contributed by atoms with Gasteiger partial charge in [0.25, 0.3) is 0 Å². The second kappa shape index (κ2) is 10.6. The zero-order chi connectivity index (χ0) is 24.8. The summed E-state index contributed by atoms with van der Waals surface area (Å²) in [5, 5.41) is 12.4. The molecule has 0 aliphatic carbocycles. The number of aliphatic carboxylic acids is 1. The van der Waals surface area contributed by atoms with E-state index in [0.29, 0.717) is 26.1 Å². The lowest BCUT2D eigenvalue weighted by molar-refractivity contribution is -0.155. The van der Waals surface area contributed by atoms with E-state index in [1.54, 1.807) is 0 Å². The van der Waals surface area contributed by atoms with Crippen molar-refractivity contribution < 1.29 is 33.8 Å². The quantitative estimate of drug-likeness (QED) is 0.391. The van der Waals surface area contributed by atoms with E-state index in [0.717, 1.165) is 5.75 Å². The molecule has 2 fully saturated rings. The number of carboxylic acid groups (broad SMARTS) is 1. The Morgan fingerprint density at radius 2 is 1.88 bits per heavy atom. The molecule has 184 valence electrons. The number of carboxylic acids is 1. The first-order valence-corrected chi connectivity index (χ1v) is 11.2. The first-order chi connectivity index (χ1) is 16.2. The number of carbonyl (C=O) groups excluding carboxylic acids is 3. The number of benzene rings is 1.